The molecule has 2 aliphatic rings. The van der Waals surface area contributed by atoms with Crippen molar-refractivity contribution in [1.29, 1.82) is 0 Å². The minimum absolute atomic E-state index is 0.0211. The first kappa shape index (κ1) is 26.3. The molecule has 0 saturated carbocycles. The summed E-state index contributed by atoms with van der Waals surface area (Å²) in [5.41, 5.74) is 1.41. The minimum atomic E-state index is -0.672. The summed E-state index contributed by atoms with van der Waals surface area (Å²) in [5.74, 6) is -0.573. The summed E-state index contributed by atoms with van der Waals surface area (Å²) in [6.07, 6.45) is 6.50. The Hall–Kier alpha value is -3.81. The summed E-state index contributed by atoms with van der Waals surface area (Å²) in [6, 6.07) is 6.84. The molecule has 196 valence electrons. The third-order valence-corrected chi connectivity index (χ3v) is 6.75. The molecular weight excluding hydrogens is 476 g/mol. The number of aromatic hydroxyl groups is 1. The fraction of sp³-hybridized carbons (Fsp3) is 0.414. The lowest BCUT2D eigenvalue weighted by Gasteiger charge is -2.28. The number of ketones is 1. The molecule has 2 heterocycles. The minimum Gasteiger partial charge on any atom is -0.507 e. The van der Waals surface area contributed by atoms with Gasteiger partial charge in [-0.15, -0.1) is 0 Å². The number of cyclic esters (lactones) is 1. The van der Waals surface area contributed by atoms with E-state index in [4.69, 9.17) is 18.9 Å². The van der Waals surface area contributed by atoms with Gasteiger partial charge in [-0.1, -0.05) is 12.2 Å². The number of rotatable bonds is 3. The Labute approximate surface area is 216 Å². The van der Waals surface area contributed by atoms with Crippen molar-refractivity contribution in [3.8, 4) is 23.0 Å². The number of phenolic OH excluding ortho intramolecular Hbond substituents is 1. The molecule has 2 aromatic rings. The Kier molecular flexibility index (Phi) is 8.16. The molecule has 0 radical (unpaired) electrons. The molecule has 8 nitrogen and oxygen atoms in total. The molecule has 0 amide bonds. The van der Waals surface area contributed by atoms with Gasteiger partial charge in [-0.3, -0.25) is 9.59 Å². The van der Waals surface area contributed by atoms with Crippen LogP contribution in [0.4, 0.5) is 0 Å². The summed E-state index contributed by atoms with van der Waals surface area (Å²) < 4.78 is 22.0. The van der Waals surface area contributed by atoms with E-state index in [-0.39, 0.29) is 29.3 Å². The van der Waals surface area contributed by atoms with Gasteiger partial charge in [0.15, 0.2) is 0 Å². The van der Waals surface area contributed by atoms with E-state index in [9.17, 15) is 19.5 Å². The molecule has 0 aromatic heterocycles. The number of hydrogen-bond donors (Lipinski definition) is 1. The van der Waals surface area contributed by atoms with Crippen molar-refractivity contribution in [1.82, 2.24) is 0 Å². The predicted molar refractivity (Wildman–Crippen MR) is 136 cm³/mol. The van der Waals surface area contributed by atoms with Gasteiger partial charge in [0.25, 0.3) is 0 Å². The Morgan fingerprint density at radius 1 is 0.973 bits per heavy atom. The monoisotopic (exact) mass is 508 g/mol. The first-order valence-corrected chi connectivity index (χ1v) is 12.5. The van der Waals surface area contributed by atoms with Crippen LogP contribution in [-0.2, 0) is 14.3 Å². The number of esters is 2. The molecule has 0 fully saturated rings. The van der Waals surface area contributed by atoms with Gasteiger partial charge in [-0.05, 0) is 61.9 Å². The molecule has 37 heavy (non-hydrogen) atoms. The van der Waals surface area contributed by atoms with Gasteiger partial charge in [-0.2, -0.15) is 0 Å². The summed E-state index contributed by atoms with van der Waals surface area (Å²) in [5, 5.41) is 11.5. The number of fused-ring (bicyclic) bond motifs is 2. The lowest BCUT2D eigenvalue weighted by Crippen LogP contribution is -2.23. The van der Waals surface area contributed by atoms with Crippen LogP contribution in [0.15, 0.2) is 30.3 Å². The topological polar surface area (TPSA) is 108 Å². The molecule has 0 bridgehead atoms. The number of carbonyl (C=O) groups excluding carboxylic acids is 3. The van der Waals surface area contributed by atoms with Crippen molar-refractivity contribution in [2.24, 2.45) is 0 Å². The van der Waals surface area contributed by atoms with Crippen LogP contribution in [0.5, 0.6) is 23.0 Å². The first-order chi connectivity index (χ1) is 17.8. The van der Waals surface area contributed by atoms with Crippen molar-refractivity contribution < 1.29 is 38.4 Å². The second kappa shape index (κ2) is 11.5. The van der Waals surface area contributed by atoms with E-state index < -0.39 is 24.0 Å². The second-order valence-corrected chi connectivity index (χ2v) is 9.42. The number of hydrogen-bond acceptors (Lipinski definition) is 8. The Balaban J connectivity index is 1.84. The lowest BCUT2D eigenvalue weighted by atomic mass is 9.83. The van der Waals surface area contributed by atoms with E-state index in [1.165, 1.54) is 14.2 Å². The number of methoxy groups -OCH3 is 2. The zero-order valence-corrected chi connectivity index (χ0v) is 21.4. The van der Waals surface area contributed by atoms with E-state index in [1.54, 1.807) is 37.3 Å². The second-order valence-electron chi connectivity index (χ2n) is 9.42. The fourth-order valence-corrected chi connectivity index (χ4v) is 4.83. The highest BCUT2D eigenvalue weighted by molar-refractivity contribution is 5.98. The average Bonchev–Trinajstić information content (AvgIpc) is 2.86. The molecule has 8 heteroatoms. The number of ether oxygens (including phenoxy) is 4. The maximum absolute atomic E-state index is 13.3. The Morgan fingerprint density at radius 3 is 2.38 bits per heavy atom. The SMILES string of the molecule is COc1cc(OC)cc([C@@H]2CC(=O)Oc3cc4c(c(O)c32)C(=O)O[C@H](C)CCCC(=O)CCCC=C4)c1. The van der Waals surface area contributed by atoms with Gasteiger partial charge >= 0.3 is 11.9 Å². The lowest BCUT2D eigenvalue weighted by molar-refractivity contribution is -0.135. The highest BCUT2D eigenvalue weighted by Crippen LogP contribution is 2.48. The van der Waals surface area contributed by atoms with Crippen LogP contribution >= 0.6 is 0 Å². The largest absolute Gasteiger partial charge is 0.507 e. The van der Waals surface area contributed by atoms with E-state index in [1.807, 2.05) is 6.08 Å². The van der Waals surface area contributed by atoms with Crippen LogP contribution in [0.3, 0.4) is 0 Å². The third-order valence-electron chi connectivity index (χ3n) is 6.75. The van der Waals surface area contributed by atoms with Crippen LogP contribution < -0.4 is 14.2 Å². The average molecular weight is 509 g/mol. The molecule has 2 aromatic carbocycles. The molecule has 0 aliphatic carbocycles. The molecule has 2 atom stereocenters. The molecule has 0 unspecified atom stereocenters. The third kappa shape index (κ3) is 5.96. The van der Waals surface area contributed by atoms with Gasteiger partial charge in [-0.25, -0.2) is 4.79 Å². The standard InChI is InChI=1S/C29H32O8/c1-17-8-7-11-20(30)10-6-4-5-9-18-14-24-27(28(32)26(18)29(33)36-17)23(16-25(31)37-24)19-12-21(34-2)15-22(13-19)35-3/h5,9,12-15,17,23,32H,4,6-8,10-11,16H2,1-3H3/t17-,23+/m1/s1. The highest BCUT2D eigenvalue weighted by Gasteiger charge is 2.36. The Morgan fingerprint density at radius 2 is 1.68 bits per heavy atom. The van der Waals surface area contributed by atoms with Crippen molar-refractivity contribution in [3.05, 3.63) is 52.6 Å². The highest BCUT2D eigenvalue weighted by atomic mass is 16.5. The summed E-state index contributed by atoms with van der Waals surface area (Å²) >= 11 is 0. The zero-order chi connectivity index (χ0) is 26.5. The fourth-order valence-electron chi connectivity index (χ4n) is 4.83. The predicted octanol–water partition coefficient (Wildman–Crippen LogP) is 5.33. The summed E-state index contributed by atoms with van der Waals surface area (Å²) in [4.78, 5) is 38.0. The number of allylic oxidation sites excluding steroid dienone is 1. The van der Waals surface area contributed by atoms with Gasteiger partial charge in [0.1, 0.15) is 34.3 Å². The van der Waals surface area contributed by atoms with Gasteiger partial charge in [0, 0.05) is 30.4 Å². The zero-order valence-electron chi connectivity index (χ0n) is 21.4. The smallest absolute Gasteiger partial charge is 0.342 e. The number of benzene rings is 2. The van der Waals surface area contributed by atoms with Crippen LogP contribution in [0.2, 0.25) is 0 Å². The maximum atomic E-state index is 13.3. The molecular formula is C29H32O8. The van der Waals surface area contributed by atoms with Crippen molar-refractivity contribution in [2.75, 3.05) is 14.2 Å². The molecule has 4 rings (SSSR count). The molecule has 2 aliphatic heterocycles. The molecule has 1 N–H and O–H groups in total. The molecule has 0 saturated heterocycles. The number of phenols is 1. The van der Waals surface area contributed by atoms with E-state index in [2.05, 4.69) is 0 Å². The maximum Gasteiger partial charge on any atom is 0.342 e. The van der Waals surface area contributed by atoms with Crippen LogP contribution in [-0.4, -0.2) is 43.2 Å². The van der Waals surface area contributed by atoms with Crippen LogP contribution in [0.25, 0.3) is 6.08 Å². The van der Waals surface area contributed by atoms with E-state index >= 15 is 0 Å². The van der Waals surface area contributed by atoms with Crippen molar-refractivity contribution in [3.63, 3.8) is 0 Å². The van der Waals surface area contributed by atoms with Gasteiger partial charge in [0.05, 0.1) is 26.7 Å². The number of Topliss-reactive ketones (excluding diaryl/α,β-unsaturated/α-hetero) is 1. The quantitative estimate of drug-likeness (QED) is 0.438. The molecule has 0 spiro atoms. The number of carbonyl (C=O) groups is 3. The Bertz CT molecular complexity index is 1210. The van der Waals surface area contributed by atoms with Gasteiger partial charge < -0.3 is 24.1 Å². The van der Waals surface area contributed by atoms with Crippen molar-refractivity contribution in [2.45, 2.75) is 63.9 Å². The summed E-state index contributed by atoms with van der Waals surface area (Å²) in [6.45, 7) is 1.77. The first-order valence-electron chi connectivity index (χ1n) is 12.5. The van der Waals surface area contributed by atoms with E-state index in [0.717, 1.165) is 0 Å². The van der Waals surface area contributed by atoms with Crippen molar-refractivity contribution >= 4 is 23.8 Å². The van der Waals surface area contributed by atoms with Crippen LogP contribution in [0, 0.1) is 0 Å². The van der Waals surface area contributed by atoms with Crippen LogP contribution in [0.1, 0.15) is 84.8 Å². The van der Waals surface area contributed by atoms with E-state index in [0.29, 0.717) is 66.7 Å². The van der Waals surface area contributed by atoms with Gasteiger partial charge in [0.2, 0.25) is 0 Å². The normalized spacial score (nSPS) is 20.7. The summed E-state index contributed by atoms with van der Waals surface area (Å²) in [7, 11) is 3.06.